The van der Waals surface area contributed by atoms with Gasteiger partial charge in [0, 0.05) is 0 Å². The maximum atomic E-state index is 5.95. The van der Waals surface area contributed by atoms with Gasteiger partial charge in [-0.3, -0.25) is 0 Å². The average Bonchev–Trinajstić information content (AvgIpc) is 2.82. The van der Waals surface area contributed by atoms with Gasteiger partial charge in [-0.15, -0.1) is 0 Å². The number of ether oxygens (including phenoxy) is 6. The molecule has 0 aliphatic rings. The molecule has 0 bridgehead atoms. The molecule has 0 unspecified atom stereocenters. The first-order chi connectivity index (χ1) is 15.3. The molecule has 3 rings (SSSR count). The van der Waals surface area contributed by atoms with Crippen molar-refractivity contribution < 1.29 is 28.4 Å². The van der Waals surface area contributed by atoms with Gasteiger partial charge >= 0.3 is 192 Å². The fraction of sp³-hybridized carbons (Fsp3) is 0.250. The van der Waals surface area contributed by atoms with Crippen LogP contribution in [-0.2, 0) is 14.2 Å². The number of para-hydroxylation sites is 3. The van der Waals surface area contributed by atoms with Crippen LogP contribution in [-0.4, -0.2) is 63.5 Å². The molecule has 0 spiro atoms. The van der Waals surface area contributed by atoms with E-state index in [0.717, 1.165) is 27.1 Å². The topological polar surface area (TPSA) is 55.4 Å². The molecule has 0 aliphatic heterocycles. The molecule has 0 saturated heterocycles. The van der Waals surface area contributed by atoms with Crippen molar-refractivity contribution in [3.05, 3.63) is 72.8 Å². The van der Waals surface area contributed by atoms with Crippen LogP contribution >= 0.6 is 0 Å². The molecule has 3 aromatic rings. The zero-order valence-electron chi connectivity index (χ0n) is 17.9. The van der Waals surface area contributed by atoms with Crippen molar-refractivity contribution >= 4 is 31.6 Å². The van der Waals surface area contributed by atoms with Crippen LogP contribution < -0.4 is 24.0 Å². The Morgan fingerprint density at radius 3 is 1.06 bits per heavy atom. The third-order valence-corrected chi connectivity index (χ3v) is 14.2. The number of benzene rings is 3. The van der Waals surface area contributed by atoms with Crippen molar-refractivity contribution in [3.63, 3.8) is 0 Å². The Kier molecular flexibility index (Phi) is 9.56. The first-order valence-electron chi connectivity index (χ1n) is 9.72. The Labute approximate surface area is 191 Å². The zero-order valence-corrected chi connectivity index (χ0v) is 21.4. The quantitative estimate of drug-likeness (QED) is 0.229. The normalized spacial score (nSPS) is 10.8. The predicted molar refractivity (Wildman–Crippen MR) is 121 cm³/mol. The fourth-order valence-electron chi connectivity index (χ4n) is 3.05. The summed E-state index contributed by atoms with van der Waals surface area (Å²) in [6, 6.07) is 24.3. The van der Waals surface area contributed by atoms with Gasteiger partial charge in [0.2, 0.25) is 0 Å². The van der Waals surface area contributed by atoms with Crippen molar-refractivity contribution in [1.82, 2.24) is 0 Å². The van der Waals surface area contributed by atoms with Gasteiger partial charge in [0.1, 0.15) is 0 Å². The van der Waals surface area contributed by atoms with E-state index in [2.05, 4.69) is 18.2 Å². The molecule has 0 fully saturated rings. The van der Waals surface area contributed by atoms with E-state index in [-0.39, 0.29) is 20.4 Å². The standard InChI is InChI=1S/3C8H9O2.Bi/c3*1-9-7-10-8-5-3-2-4-6-8;/h3*2-5H,7H2,1H3;. The monoisotopic (exact) mass is 620 g/mol. The molecule has 0 saturated carbocycles. The molecule has 0 amide bonds. The zero-order chi connectivity index (χ0) is 21.9. The van der Waals surface area contributed by atoms with Crippen LogP contribution in [0.3, 0.4) is 0 Å². The van der Waals surface area contributed by atoms with Crippen molar-refractivity contribution in [2.24, 2.45) is 0 Å². The van der Waals surface area contributed by atoms with Crippen LogP contribution in [0.2, 0.25) is 0 Å². The van der Waals surface area contributed by atoms with Crippen LogP contribution in [0.4, 0.5) is 0 Å². The van der Waals surface area contributed by atoms with Crippen molar-refractivity contribution in [1.29, 1.82) is 0 Å². The van der Waals surface area contributed by atoms with E-state index in [1.807, 2.05) is 54.6 Å². The predicted octanol–water partition coefficient (Wildman–Crippen LogP) is 2.15. The summed E-state index contributed by atoms with van der Waals surface area (Å²) in [5, 5.41) is 0. The number of hydrogen-bond acceptors (Lipinski definition) is 6. The molecular formula is C24H27BiO6. The summed E-state index contributed by atoms with van der Waals surface area (Å²) >= 11 is -2.97. The Bertz CT molecular complexity index is 826. The summed E-state index contributed by atoms with van der Waals surface area (Å²) in [6.45, 7) is 0.536. The first kappa shape index (κ1) is 23.5. The molecule has 0 radical (unpaired) electrons. The van der Waals surface area contributed by atoms with Crippen LogP contribution in [0.25, 0.3) is 0 Å². The molecule has 3 aromatic carbocycles. The molecule has 0 aromatic heterocycles. The Morgan fingerprint density at radius 2 is 0.774 bits per heavy atom. The molecular weight excluding hydrogens is 593 g/mol. The van der Waals surface area contributed by atoms with Gasteiger partial charge in [0.05, 0.1) is 0 Å². The van der Waals surface area contributed by atoms with E-state index in [4.69, 9.17) is 28.4 Å². The van der Waals surface area contributed by atoms with Gasteiger partial charge in [-0.2, -0.15) is 0 Å². The third kappa shape index (κ3) is 6.17. The second-order valence-electron chi connectivity index (χ2n) is 6.39. The molecule has 0 heterocycles. The number of methoxy groups -OCH3 is 3. The Balaban J connectivity index is 2.18. The van der Waals surface area contributed by atoms with Crippen molar-refractivity contribution in [2.75, 3.05) is 41.7 Å². The van der Waals surface area contributed by atoms with Gasteiger partial charge in [-0.1, -0.05) is 0 Å². The van der Waals surface area contributed by atoms with Crippen molar-refractivity contribution in [3.8, 4) is 17.2 Å². The molecule has 0 aliphatic carbocycles. The van der Waals surface area contributed by atoms with Gasteiger partial charge < -0.3 is 0 Å². The van der Waals surface area contributed by atoms with Crippen LogP contribution in [0.15, 0.2) is 72.8 Å². The maximum absolute atomic E-state index is 5.95. The van der Waals surface area contributed by atoms with E-state index in [1.165, 1.54) is 0 Å². The van der Waals surface area contributed by atoms with E-state index in [9.17, 15) is 0 Å². The summed E-state index contributed by atoms with van der Waals surface area (Å²) in [6.07, 6.45) is 0. The van der Waals surface area contributed by atoms with Gasteiger partial charge in [-0.25, -0.2) is 0 Å². The Morgan fingerprint density at radius 1 is 0.484 bits per heavy atom. The van der Waals surface area contributed by atoms with E-state index in [1.54, 1.807) is 21.3 Å². The molecule has 7 heteroatoms. The summed E-state index contributed by atoms with van der Waals surface area (Å²) in [5.74, 6) is 2.43. The molecule has 0 atom stereocenters. The minimum atomic E-state index is -2.97. The average molecular weight is 620 g/mol. The van der Waals surface area contributed by atoms with Crippen molar-refractivity contribution in [2.45, 2.75) is 0 Å². The second-order valence-corrected chi connectivity index (χ2v) is 14.6. The fourth-order valence-corrected chi connectivity index (χ4v) is 13.0. The second kappa shape index (κ2) is 12.6. The molecule has 0 N–H and O–H groups in total. The van der Waals surface area contributed by atoms with Gasteiger partial charge in [0.15, 0.2) is 0 Å². The van der Waals surface area contributed by atoms with E-state index >= 15 is 0 Å². The third-order valence-electron chi connectivity index (χ3n) is 4.32. The minimum absolute atomic E-state index is 0.179. The SMILES string of the molecule is COCOc1cccc[c]1[Bi]([c]1ccccc1OCOC)[c]1ccccc1OCOC. The Hall–Kier alpha value is -2.18. The molecule has 164 valence electrons. The first-order valence-corrected chi connectivity index (χ1v) is 14.9. The number of rotatable bonds is 12. The van der Waals surface area contributed by atoms with Gasteiger partial charge in [0.25, 0.3) is 0 Å². The number of hydrogen-bond donors (Lipinski definition) is 0. The summed E-state index contributed by atoms with van der Waals surface area (Å²) < 4.78 is 36.8. The van der Waals surface area contributed by atoms with Crippen LogP contribution in [0.5, 0.6) is 17.2 Å². The molecule has 6 nitrogen and oxygen atoms in total. The summed E-state index contributed by atoms with van der Waals surface area (Å²) in [4.78, 5) is 0. The summed E-state index contributed by atoms with van der Waals surface area (Å²) in [7, 11) is 4.85. The molecule has 31 heavy (non-hydrogen) atoms. The summed E-state index contributed by atoms with van der Waals surface area (Å²) in [5.41, 5.74) is 0. The van der Waals surface area contributed by atoms with E-state index < -0.39 is 21.8 Å². The van der Waals surface area contributed by atoms with E-state index in [0.29, 0.717) is 0 Å². The van der Waals surface area contributed by atoms with Crippen LogP contribution in [0, 0.1) is 0 Å². The van der Waals surface area contributed by atoms with Crippen LogP contribution in [0.1, 0.15) is 0 Å². The van der Waals surface area contributed by atoms with Gasteiger partial charge in [-0.05, 0) is 0 Å².